The molecule has 10 heteroatoms. The molecule has 21 heavy (non-hydrogen) atoms. The second-order valence-corrected chi connectivity index (χ2v) is 5.17. The van der Waals surface area contributed by atoms with Crippen LogP contribution in [-0.2, 0) is 19.1 Å². The van der Waals surface area contributed by atoms with Crippen molar-refractivity contribution in [3.63, 3.8) is 0 Å². The van der Waals surface area contributed by atoms with Crippen LogP contribution in [0.15, 0.2) is 0 Å². The van der Waals surface area contributed by atoms with Crippen LogP contribution in [-0.4, -0.2) is 58.2 Å². The van der Waals surface area contributed by atoms with E-state index < -0.39 is 24.0 Å². The fourth-order valence-electron chi connectivity index (χ4n) is 0.977. The number of hydrazine groups is 2. The zero-order chi connectivity index (χ0) is 16.6. The summed E-state index contributed by atoms with van der Waals surface area (Å²) < 4.78 is 9.67. The topological polar surface area (TPSA) is 121 Å². The first-order chi connectivity index (χ1) is 9.51. The monoisotopic (exact) mass is 309 g/mol. The van der Waals surface area contributed by atoms with Gasteiger partial charge in [0.05, 0.1) is 6.42 Å². The average molecular weight is 309 g/mol. The van der Waals surface area contributed by atoms with E-state index in [4.69, 9.17) is 19.4 Å². The number of carboxylic acids is 1. The van der Waals surface area contributed by atoms with Crippen molar-refractivity contribution in [3.8, 4) is 0 Å². The molecule has 0 aromatic heterocycles. The van der Waals surface area contributed by atoms with E-state index in [0.29, 0.717) is 5.28 Å². The van der Waals surface area contributed by atoms with E-state index in [9.17, 15) is 14.8 Å². The summed E-state index contributed by atoms with van der Waals surface area (Å²) in [5, 5.41) is 19.5. The van der Waals surface area contributed by atoms with Crippen molar-refractivity contribution >= 4 is 12.1 Å². The number of carboxylic acid groups (broad SMARTS) is 1. The number of carbonyl (C=O) groups excluding carboxylic acids is 1. The number of hydrogen-bond donors (Lipinski definition) is 3. The lowest BCUT2D eigenvalue weighted by Gasteiger charge is -2.26. The molecule has 0 aliphatic carbocycles. The average Bonchev–Trinajstić information content (AvgIpc) is 2.30. The van der Waals surface area contributed by atoms with E-state index in [2.05, 4.69) is 5.59 Å². The van der Waals surface area contributed by atoms with Crippen LogP contribution >= 0.6 is 0 Å². The largest absolute Gasteiger partial charge is 0.511 e. The third kappa shape index (κ3) is 10.9. The van der Waals surface area contributed by atoms with Gasteiger partial charge < -0.3 is 14.6 Å². The van der Waals surface area contributed by atoms with Crippen molar-refractivity contribution in [1.29, 1.82) is 0 Å². The molecule has 0 aromatic rings. The number of nitrogens with one attached hydrogen (secondary N) is 1. The molecule has 0 aromatic carbocycles. The molecular weight excluding hydrogens is 286 g/mol. The summed E-state index contributed by atoms with van der Waals surface area (Å²) in [5.74, 6) is -1.00. The van der Waals surface area contributed by atoms with Crippen molar-refractivity contribution in [2.24, 2.45) is 0 Å². The fourth-order valence-corrected chi connectivity index (χ4v) is 0.977. The Kier molecular flexibility index (Phi) is 8.14. The molecular formula is C11H23N3O7. The molecule has 0 aliphatic heterocycles. The minimum absolute atomic E-state index is 0.0451. The lowest BCUT2D eigenvalue weighted by Crippen LogP contribution is -2.48. The Morgan fingerprint density at radius 3 is 2.38 bits per heavy atom. The highest BCUT2D eigenvalue weighted by molar-refractivity contribution is 5.66. The van der Waals surface area contributed by atoms with Gasteiger partial charge in [0.15, 0.2) is 0 Å². The van der Waals surface area contributed by atoms with Gasteiger partial charge in [-0.15, -0.1) is 0 Å². The van der Waals surface area contributed by atoms with Gasteiger partial charge in [0, 0.05) is 20.5 Å². The highest BCUT2D eigenvalue weighted by atomic mass is 16.9. The maximum Gasteiger partial charge on any atom is 0.511 e. The summed E-state index contributed by atoms with van der Waals surface area (Å²) in [7, 11) is 1.43. The van der Waals surface area contributed by atoms with Crippen molar-refractivity contribution in [3.05, 3.63) is 0 Å². The Hall–Kier alpha value is -1.46. The molecule has 0 spiro atoms. The highest BCUT2D eigenvalue weighted by Crippen LogP contribution is 2.09. The van der Waals surface area contributed by atoms with Crippen LogP contribution in [0.25, 0.3) is 0 Å². The number of hydrogen-bond acceptors (Lipinski definition) is 9. The second-order valence-electron chi connectivity index (χ2n) is 5.17. The van der Waals surface area contributed by atoms with Crippen molar-refractivity contribution in [1.82, 2.24) is 15.9 Å². The predicted molar refractivity (Wildman–Crippen MR) is 69.5 cm³/mol. The molecule has 0 heterocycles. The molecule has 0 radical (unpaired) electrons. The lowest BCUT2D eigenvalue weighted by atomic mass is 10.2. The molecule has 0 bridgehead atoms. The summed E-state index contributed by atoms with van der Waals surface area (Å²) in [6, 6.07) is 0. The molecule has 0 saturated carbocycles. The zero-order valence-corrected chi connectivity index (χ0v) is 12.8. The minimum atomic E-state index is -1.04. The third-order valence-corrected chi connectivity index (χ3v) is 1.92. The second kappa shape index (κ2) is 8.74. The van der Waals surface area contributed by atoms with Crippen LogP contribution in [0.3, 0.4) is 0 Å². The normalized spacial score (nSPS) is 13.3. The maximum absolute atomic E-state index is 11.3. The van der Waals surface area contributed by atoms with Crippen molar-refractivity contribution in [2.45, 2.75) is 46.0 Å². The third-order valence-electron chi connectivity index (χ3n) is 1.92. The van der Waals surface area contributed by atoms with Crippen LogP contribution < -0.4 is 5.59 Å². The summed E-state index contributed by atoms with van der Waals surface area (Å²) >= 11 is 0. The smallest absolute Gasteiger partial charge is 0.481 e. The van der Waals surface area contributed by atoms with E-state index in [1.54, 1.807) is 20.8 Å². The Labute approximate surface area is 123 Å². The van der Waals surface area contributed by atoms with Crippen LogP contribution in [0, 0.1) is 0 Å². The SMILES string of the molecule is CC(ONN(O)N(C)CCC(=O)O)OC(=O)OC(C)(C)C. The number of ether oxygens (including phenoxy) is 2. The molecule has 0 rings (SSSR count). The van der Waals surface area contributed by atoms with Crippen molar-refractivity contribution in [2.75, 3.05) is 13.6 Å². The van der Waals surface area contributed by atoms with E-state index in [0.717, 1.165) is 5.01 Å². The number of carbonyl (C=O) groups is 2. The molecule has 3 N–H and O–H groups in total. The summed E-state index contributed by atoms with van der Waals surface area (Å²) in [5.41, 5.74) is 1.37. The van der Waals surface area contributed by atoms with E-state index in [-0.39, 0.29) is 13.0 Å². The Morgan fingerprint density at radius 1 is 1.33 bits per heavy atom. The number of rotatable bonds is 8. The fraction of sp³-hybridized carbons (Fsp3) is 0.818. The summed E-state index contributed by atoms with van der Waals surface area (Å²) in [4.78, 5) is 26.5. The molecule has 124 valence electrons. The minimum Gasteiger partial charge on any atom is -0.481 e. The number of aliphatic carboxylic acids is 1. The standard InChI is InChI=1S/C11H23N3O7/c1-8(19-10(17)20-11(2,3)4)21-12-14(18)13(5)7-6-9(15)16/h8,12,18H,6-7H2,1-5H3,(H,15,16). The quantitative estimate of drug-likeness (QED) is 0.336. The Balaban J connectivity index is 3.98. The molecule has 1 unspecified atom stereocenters. The van der Waals surface area contributed by atoms with Crippen LogP contribution in [0.1, 0.15) is 34.1 Å². The molecule has 0 amide bonds. The summed E-state index contributed by atoms with van der Waals surface area (Å²) in [6.07, 6.45) is -2.12. The van der Waals surface area contributed by atoms with Gasteiger partial charge in [0.2, 0.25) is 6.29 Å². The van der Waals surface area contributed by atoms with Gasteiger partial charge >= 0.3 is 12.1 Å². The van der Waals surface area contributed by atoms with Gasteiger partial charge in [-0.05, 0) is 26.1 Å². The molecule has 0 aliphatic rings. The van der Waals surface area contributed by atoms with Gasteiger partial charge in [0.25, 0.3) is 0 Å². The van der Waals surface area contributed by atoms with Gasteiger partial charge in [0.1, 0.15) is 5.60 Å². The Morgan fingerprint density at radius 2 is 1.90 bits per heavy atom. The van der Waals surface area contributed by atoms with E-state index in [1.165, 1.54) is 14.0 Å². The first kappa shape index (κ1) is 19.5. The molecule has 10 nitrogen and oxygen atoms in total. The summed E-state index contributed by atoms with van der Waals surface area (Å²) in [6.45, 7) is 6.51. The van der Waals surface area contributed by atoms with Gasteiger partial charge in [-0.25, -0.2) is 14.6 Å². The Bertz CT molecular complexity index is 345. The van der Waals surface area contributed by atoms with Crippen LogP contribution in [0.5, 0.6) is 0 Å². The number of nitrogens with zero attached hydrogens (tertiary/aromatic N) is 2. The molecule has 1 atom stereocenters. The van der Waals surface area contributed by atoms with E-state index in [1.807, 2.05) is 0 Å². The van der Waals surface area contributed by atoms with Gasteiger partial charge in [-0.1, -0.05) is 5.59 Å². The first-order valence-electron chi connectivity index (χ1n) is 6.24. The predicted octanol–water partition coefficient (Wildman–Crippen LogP) is 0.733. The highest BCUT2D eigenvalue weighted by Gasteiger charge is 2.20. The van der Waals surface area contributed by atoms with Gasteiger partial charge in [-0.2, -0.15) is 0 Å². The van der Waals surface area contributed by atoms with Gasteiger partial charge in [-0.3, -0.25) is 10.0 Å². The van der Waals surface area contributed by atoms with Crippen LogP contribution in [0.2, 0.25) is 0 Å². The maximum atomic E-state index is 11.3. The lowest BCUT2D eigenvalue weighted by molar-refractivity contribution is -0.360. The molecule has 0 saturated heterocycles. The van der Waals surface area contributed by atoms with Crippen LogP contribution in [0.4, 0.5) is 4.79 Å². The van der Waals surface area contributed by atoms with E-state index >= 15 is 0 Å². The molecule has 0 fully saturated rings. The van der Waals surface area contributed by atoms with Crippen molar-refractivity contribution < 1.29 is 34.2 Å². The first-order valence-corrected chi connectivity index (χ1v) is 6.24. The zero-order valence-electron chi connectivity index (χ0n) is 12.8.